The molecule has 4 heteroatoms. The van der Waals surface area contributed by atoms with Crippen LogP contribution in [-0.2, 0) is 0 Å². The first-order valence-electron chi connectivity index (χ1n) is 6.53. The predicted octanol–water partition coefficient (Wildman–Crippen LogP) is 3.17. The van der Waals surface area contributed by atoms with Gasteiger partial charge in [-0.2, -0.15) is 0 Å². The zero-order chi connectivity index (χ0) is 12.8. The standard InChI is InChI=1S/C14H18BrFN2/c1-14(10-2-3-10)9-18(7-6-17-14)11-4-5-12(15)13(16)8-11/h4-5,8,10,17H,2-3,6-7,9H2,1H3. The van der Waals surface area contributed by atoms with Crippen LogP contribution >= 0.6 is 15.9 Å². The molecule has 1 unspecified atom stereocenters. The number of nitrogens with one attached hydrogen (secondary N) is 1. The Balaban J connectivity index is 1.81. The number of nitrogens with zero attached hydrogens (tertiary/aromatic N) is 1. The van der Waals surface area contributed by atoms with Crippen LogP contribution in [-0.4, -0.2) is 25.2 Å². The SMILES string of the molecule is CC1(C2CC2)CN(c2ccc(Br)c(F)c2)CCN1. The van der Waals surface area contributed by atoms with E-state index >= 15 is 0 Å². The zero-order valence-electron chi connectivity index (χ0n) is 10.5. The average molecular weight is 313 g/mol. The molecule has 0 spiro atoms. The fourth-order valence-corrected chi connectivity index (χ4v) is 3.15. The van der Waals surface area contributed by atoms with Gasteiger partial charge in [0, 0.05) is 30.9 Å². The lowest BCUT2D eigenvalue weighted by Gasteiger charge is -2.43. The molecule has 0 bridgehead atoms. The van der Waals surface area contributed by atoms with Gasteiger partial charge in [0.05, 0.1) is 4.47 Å². The number of piperazine rings is 1. The minimum absolute atomic E-state index is 0.181. The second-order valence-electron chi connectivity index (χ2n) is 5.64. The molecule has 1 heterocycles. The Kier molecular flexibility index (Phi) is 3.10. The molecule has 98 valence electrons. The van der Waals surface area contributed by atoms with E-state index in [1.54, 1.807) is 12.1 Å². The van der Waals surface area contributed by atoms with Crippen molar-refractivity contribution in [2.45, 2.75) is 25.3 Å². The van der Waals surface area contributed by atoms with Crippen LogP contribution in [0.2, 0.25) is 0 Å². The van der Waals surface area contributed by atoms with Gasteiger partial charge in [0.15, 0.2) is 0 Å². The van der Waals surface area contributed by atoms with Crippen LogP contribution in [0.3, 0.4) is 0 Å². The highest BCUT2D eigenvalue weighted by molar-refractivity contribution is 9.10. The van der Waals surface area contributed by atoms with Crippen LogP contribution in [0, 0.1) is 11.7 Å². The first-order chi connectivity index (χ1) is 8.58. The molecule has 18 heavy (non-hydrogen) atoms. The van der Waals surface area contributed by atoms with Crippen molar-refractivity contribution in [1.82, 2.24) is 5.32 Å². The lowest BCUT2D eigenvalue weighted by molar-refractivity contribution is 0.285. The lowest BCUT2D eigenvalue weighted by Crippen LogP contribution is -2.60. The Hall–Kier alpha value is -0.610. The van der Waals surface area contributed by atoms with E-state index in [1.165, 1.54) is 12.8 Å². The number of hydrogen-bond acceptors (Lipinski definition) is 2. The van der Waals surface area contributed by atoms with Crippen molar-refractivity contribution in [2.24, 2.45) is 5.92 Å². The van der Waals surface area contributed by atoms with Gasteiger partial charge in [-0.15, -0.1) is 0 Å². The maximum atomic E-state index is 13.6. The molecule has 2 nitrogen and oxygen atoms in total. The number of benzene rings is 1. The van der Waals surface area contributed by atoms with Crippen molar-refractivity contribution in [3.8, 4) is 0 Å². The normalized spacial score (nSPS) is 28.5. The molecule has 2 aliphatic rings. The van der Waals surface area contributed by atoms with Crippen LogP contribution in [0.25, 0.3) is 0 Å². The van der Waals surface area contributed by atoms with E-state index in [1.807, 2.05) is 6.07 Å². The Morgan fingerprint density at radius 2 is 2.22 bits per heavy atom. The summed E-state index contributed by atoms with van der Waals surface area (Å²) in [4.78, 5) is 2.30. The summed E-state index contributed by atoms with van der Waals surface area (Å²) >= 11 is 3.20. The molecule has 1 aliphatic carbocycles. The third-order valence-electron chi connectivity index (χ3n) is 4.18. The summed E-state index contributed by atoms with van der Waals surface area (Å²) in [5.41, 5.74) is 1.19. The molecule has 0 amide bonds. The quantitative estimate of drug-likeness (QED) is 0.902. The summed E-state index contributed by atoms with van der Waals surface area (Å²) in [6.45, 7) is 5.19. The highest BCUT2D eigenvalue weighted by Gasteiger charge is 2.43. The highest BCUT2D eigenvalue weighted by Crippen LogP contribution is 2.41. The van der Waals surface area contributed by atoms with Crippen LogP contribution < -0.4 is 10.2 Å². The third kappa shape index (κ3) is 2.28. The van der Waals surface area contributed by atoms with E-state index in [9.17, 15) is 4.39 Å². The van der Waals surface area contributed by atoms with Gasteiger partial charge in [-0.3, -0.25) is 0 Å². The van der Waals surface area contributed by atoms with Gasteiger partial charge < -0.3 is 10.2 Å². The Labute approximate surface area is 116 Å². The highest BCUT2D eigenvalue weighted by atomic mass is 79.9. The smallest absolute Gasteiger partial charge is 0.139 e. The molecule has 1 saturated carbocycles. The van der Waals surface area contributed by atoms with Crippen molar-refractivity contribution < 1.29 is 4.39 Å². The maximum absolute atomic E-state index is 13.6. The van der Waals surface area contributed by atoms with Crippen molar-refractivity contribution in [3.05, 3.63) is 28.5 Å². The summed E-state index contributed by atoms with van der Waals surface area (Å²) in [5.74, 6) is 0.611. The average Bonchev–Trinajstić information content (AvgIpc) is 3.17. The van der Waals surface area contributed by atoms with Gasteiger partial charge in [0.25, 0.3) is 0 Å². The minimum atomic E-state index is -0.181. The second-order valence-corrected chi connectivity index (χ2v) is 6.49. The van der Waals surface area contributed by atoms with Gasteiger partial charge in [-0.1, -0.05) is 0 Å². The number of hydrogen-bond donors (Lipinski definition) is 1. The number of anilines is 1. The topological polar surface area (TPSA) is 15.3 Å². The van der Waals surface area contributed by atoms with E-state index in [4.69, 9.17) is 0 Å². The second kappa shape index (κ2) is 4.49. The lowest BCUT2D eigenvalue weighted by atomic mass is 9.92. The molecule has 0 aromatic heterocycles. The van der Waals surface area contributed by atoms with E-state index < -0.39 is 0 Å². The van der Waals surface area contributed by atoms with Gasteiger partial charge in [0.1, 0.15) is 5.82 Å². The largest absolute Gasteiger partial charge is 0.368 e. The maximum Gasteiger partial charge on any atom is 0.139 e. The summed E-state index contributed by atoms with van der Waals surface area (Å²) in [6, 6.07) is 5.41. The molecular weight excluding hydrogens is 295 g/mol. The first-order valence-corrected chi connectivity index (χ1v) is 7.33. The molecular formula is C14H18BrFN2. The van der Waals surface area contributed by atoms with E-state index in [0.29, 0.717) is 4.47 Å². The Morgan fingerprint density at radius 1 is 1.44 bits per heavy atom. The molecule has 1 saturated heterocycles. The summed E-state index contributed by atoms with van der Waals surface area (Å²) in [7, 11) is 0. The van der Waals surface area contributed by atoms with Gasteiger partial charge in [-0.05, 0) is 59.8 Å². The fraction of sp³-hybridized carbons (Fsp3) is 0.571. The van der Waals surface area contributed by atoms with Gasteiger partial charge in [-0.25, -0.2) is 4.39 Å². The third-order valence-corrected chi connectivity index (χ3v) is 4.82. The molecule has 1 N–H and O–H groups in total. The molecule has 1 aromatic rings. The first kappa shape index (κ1) is 12.4. The number of halogens is 2. The molecule has 1 atom stereocenters. The van der Waals surface area contributed by atoms with Crippen LogP contribution in [0.4, 0.5) is 10.1 Å². The van der Waals surface area contributed by atoms with Crippen molar-refractivity contribution in [2.75, 3.05) is 24.5 Å². The Bertz CT molecular complexity index is 461. The summed E-state index contributed by atoms with van der Waals surface area (Å²) in [6.07, 6.45) is 2.65. The summed E-state index contributed by atoms with van der Waals surface area (Å²) in [5, 5.41) is 3.64. The number of rotatable bonds is 2. The molecule has 1 aliphatic heterocycles. The Morgan fingerprint density at radius 3 is 2.89 bits per heavy atom. The van der Waals surface area contributed by atoms with E-state index in [2.05, 4.69) is 33.1 Å². The monoisotopic (exact) mass is 312 g/mol. The van der Waals surface area contributed by atoms with Gasteiger partial charge in [0.2, 0.25) is 0 Å². The van der Waals surface area contributed by atoms with Crippen LogP contribution in [0.5, 0.6) is 0 Å². The fourth-order valence-electron chi connectivity index (χ4n) is 2.90. The molecule has 1 aromatic carbocycles. The van der Waals surface area contributed by atoms with E-state index in [-0.39, 0.29) is 11.4 Å². The zero-order valence-corrected chi connectivity index (χ0v) is 12.1. The van der Waals surface area contributed by atoms with Crippen LogP contribution in [0.1, 0.15) is 19.8 Å². The van der Waals surface area contributed by atoms with Crippen LogP contribution in [0.15, 0.2) is 22.7 Å². The molecule has 0 radical (unpaired) electrons. The molecule has 2 fully saturated rings. The van der Waals surface area contributed by atoms with E-state index in [0.717, 1.165) is 31.2 Å². The van der Waals surface area contributed by atoms with Gasteiger partial charge >= 0.3 is 0 Å². The predicted molar refractivity (Wildman–Crippen MR) is 75.4 cm³/mol. The minimum Gasteiger partial charge on any atom is -0.368 e. The summed E-state index contributed by atoms with van der Waals surface area (Å²) < 4.78 is 14.1. The molecule has 3 rings (SSSR count). The van der Waals surface area contributed by atoms with Crippen molar-refractivity contribution in [1.29, 1.82) is 0 Å². The van der Waals surface area contributed by atoms with Crippen molar-refractivity contribution >= 4 is 21.6 Å². The van der Waals surface area contributed by atoms with Crippen molar-refractivity contribution in [3.63, 3.8) is 0 Å².